The average Bonchev–Trinajstić information content (AvgIpc) is 3.05. The summed E-state index contributed by atoms with van der Waals surface area (Å²) < 4.78 is 10.5. The minimum absolute atomic E-state index is 0.224. The molecule has 2 amide bonds. The van der Waals surface area contributed by atoms with Crippen molar-refractivity contribution in [2.45, 2.75) is 19.5 Å². The zero-order chi connectivity index (χ0) is 19.4. The quantitative estimate of drug-likeness (QED) is 0.534. The van der Waals surface area contributed by atoms with E-state index in [2.05, 4.69) is 20.6 Å². The fraction of sp³-hybridized carbons (Fsp3) is 0.263. The van der Waals surface area contributed by atoms with Crippen molar-refractivity contribution in [3.05, 3.63) is 58.0 Å². The van der Waals surface area contributed by atoms with Crippen LogP contribution in [0.1, 0.15) is 24.1 Å². The summed E-state index contributed by atoms with van der Waals surface area (Å²) in [4.78, 5) is 29.0. The molecule has 0 saturated carbocycles. The molecule has 3 aromatic rings. The van der Waals surface area contributed by atoms with E-state index in [1.807, 2.05) is 37.3 Å². The fourth-order valence-corrected chi connectivity index (χ4v) is 2.82. The standard InChI is InChI=1S/C19H22N4O4/c1-11(13-5-6-14-15(9-13)23-19(25)22-14)21-18(24)20-10-12-4-7-16(26-2)17(8-12)27-3/h4-9,11H,10H2,1-3H3,(H2,20,21,24)(H2,22,23,25). The molecule has 0 radical (unpaired) electrons. The third-order valence-electron chi connectivity index (χ3n) is 4.29. The Morgan fingerprint density at radius 1 is 1.04 bits per heavy atom. The molecule has 0 saturated heterocycles. The predicted molar refractivity (Wildman–Crippen MR) is 102 cm³/mol. The van der Waals surface area contributed by atoms with E-state index in [0.717, 1.165) is 16.6 Å². The second-order valence-corrected chi connectivity index (χ2v) is 6.12. The number of fused-ring (bicyclic) bond motifs is 1. The highest BCUT2D eigenvalue weighted by molar-refractivity contribution is 5.77. The summed E-state index contributed by atoms with van der Waals surface area (Å²) in [6.45, 7) is 2.23. The van der Waals surface area contributed by atoms with Crippen molar-refractivity contribution in [3.8, 4) is 11.5 Å². The van der Waals surface area contributed by atoms with E-state index in [1.54, 1.807) is 20.3 Å². The van der Waals surface area contributed by atoms with Crippen LogP contribution in [0.4, 0.5) is 4.79 Å². The first-order valence-electron chi connectivity index (χ1n) is 8.47. The maximum Gasteiger partial charge on any atom is 0.323 e. The van der Waals surface area contributed by atoms with Crippen molar-refractivity contribution >= 4 is 17.1 Å². The Kier molecular flexibility index (Phi) is 5.35. The molecule has 142 valence electrons. The van der Waals surface area contributed by atoms with Crippen molar-refractivity contribution in [2.24, 2.45) is 0 Å². The molecule has 8 heteroatoms. The van der Waals surface area contributed by atoms with E-state index in [4.69, 9.17) is 9.47 Å². The predicted octanol–water partition coefficient (Wildman–Crippen LogP) is 2.43. The second-order valence-electron chi connectivity index (χ2n) is 6.12. The normalized spacial score (nSPS) is 11.8. The maximum absolute atomic E-state index is 12.2. The highest BCUT2D eigenvalue weighted by atomic mass is 16.5. The van der Waals surface area contributed by atoms with Crippen molar-refractivity contribution in [2.75, 3.05) is 14.2 Å². The molecule has 1 aromatic heterocycles. The Labute approximate surface area is 155 Å². The van der Waals surface area contributed by atoms with Gasteiger partial charge in [-0.1, -0.05) is 12.1 Å². The van der Waals surface area contributed by atoms with Gasteiger partial charge in [0.2, 0.25) is 0 Å². The Hall–Kier alpha value is -3.42. The molecule has 0 aliphatic carbocycles. The summed E-state index contributed by atoms with van der Waals surface area (Å²) in [5, 5.41) is 5.70. The molecule has 1 heterocycles. The molecule has 0 fully saturated rings. The van der Waals surface area contributed by atoms with Crippen LogP contribution in [0, 0.1) is 0 Å². The van der Waals surface area contributed by atoms with E-state index in [9.17, 15) is 9.59 Å². The lowest BCUT2D eigenvalue weighted by Crippen LogP contribution is -2.36. The molecule has 0 aliphatic heterocycles. The molecule has 0 bridgehead atoms. The minimum atomic E-state index is -0.292. The SMILES string of the molecule is COc1ccc(CNC(=O)NC(C)c2ccc3[nH]c(=O)[nH]c3c2)cc1OC. The lowest BCUT2D eigenvalue weighted by Gasteiger charge is -2.15. The van der Waals surface area contributed by atoms with Crippen LogP contribution >= 0.6 is 0 Å². The van der Waals surface area contributed by atoms with Crippen molar-refractivity contribution in [1.29, 1.82) is 0 Å². The topological polar surface area (TPSA) is 108 Å². The highest BCUT2D eigenvalue weighted by Crippen LogP contribution is 2.27. The number of aromatic nitrogens is 2. The summed E-state index contributed by atoms with van der Waals surface area (Å²) in [6.07, 6.45) is 0. The first-order valence-corrected chi connectivity index (χ1v) is 8.47. The van der Waals surface area contributed by atoms with E-state index in [0.29, 0.717) is 23.6 Å². The molecule has 4 N–H and O–H groups in total. The summed E-state index contributed by atoms with van der Waals surface area (Å²) in [5.74, 6) is 1.25. The number of carbonyl (C=O) groups is 1. The molecular formula is C19H22N4O4. The third kappa shape index (κ3) is 4.22. The van der Waals surface area contributed by atoms with Crippen molar-refractivity contribution < 1.29 is 14.3 Å². The first kappa shape index (κ1) is 18.4. The van der Waals surface area contributed by atoms with Gasteiger partial charge in [-0.3, -0.25) is 0 Å². The molecule has 1 atom stereocenters. The molecule has 2 aromatic carbocycles. The van der Waals surface area contributed by atoms with Gasteiger partial charge in [0.05, 0.1) is 31.3 Å². The van der Waals surface area contributed by atoms with Crippen molar-refractivity contribution in [3.63, 3.8) is 0 Å². The number of aromatic amines is 2. The number of amides is 2. The van der Waals surface area contributed by atoms with Crippen LogP contribution in [-0.4, -0.2) is 30.2 Å². The number of carbonyl (C=O) groups excluding carboxylic acids is 1. The van der Waals surface area contributed by atoms with Gasteiger partial charge >= 0.3 is 11.7 Å². The van der Waals surface area contributed by atoms with E-state index >= 15 is 0 Å². The molecule has 3 rings (SSSR count). The monoisotopic (exact) mass is 370 g/mol. The number of imidazole rings is 1. The molecule has 0 spiro atoms. The Morgan fingerprint density at radius 2 is 1.78 bits per heavy atom. The summed E-state index contributed by atoms with van der Waals surface area (Å²) >= 11 is 0. The lowest BCUT2D eigenvalue weighted by atomic mass is 10.1. The van der Waals surface area contributed by atoms with Gasteiger partial charge in [0, 0.05) is 6.54 Å². The van der Waals surface area contributed by atoms with Gasteiger partial charge in [-0.2, -0.15) is 0 Å². The van der Waals surface area contributed by atoms with E-state index in [-0.39, 0.29) is 17.8 Å². The van der Waals surface area contributed by atoms with Gasteiger partial charge in [-0.05, 0) is 42.3 Å². The second kappa shape index (κ2) is 7.86. The lowest BCUT2D eigenvalue weighted by molar-refractivity contribution is 0.237. The number of hydrogen-bond donors (Lipinski definition) is 4. The van der Waals surface area contributed by atoms with Crippen molar-refractivity contribution in [1.82, 2.24) is 20.6 Å². The van der Waals surface area contributed by atoms with Crippen LogP contribution < -0.4 is 25.8 Å². The van der Waals surface area contributed by atoms with Gasteiger partial charge in [-0.15, -0.1) is 0 Å². The molecule has 0 aliphatic rings. The number of H-pyrrole nitrogens is 2. The van der Waals surface area contributed by atoms with Gasteiger partial charge in [0.25, 0.3) is 0 Å². The Balaban J connectivity index is 1.60. The van der Waals surface area contributed by atoms with Gasteiger partial charge in [0.15, 0.2) is 11.5 Å². The Morgan fingerprint density at radius 3 is 2.52 bits per heavy atom. The highest BCUT2D eigenvalue weighted by Gasteiger charge is 2.11. The van der Waals surface area contributed by atoms with Crippen LogP contribution in [0.15, 0.2) is 41.2 Å². The smallest absolute Gasteiger partial charge is 0.323 e. The average molecular weight is 370 g/mol. The molecule has 1 unspecified atom stereocenters. The zero-order valence-electron chi connectivity index (χ0n) is 15.4. The van der Waals surface area contributed by atoms with Gasteiger partial charge in [-0.25, -0.2) is 9.59 Å². The van der Waals surface area contributed by atoms with Gasteiger partial charge < -0.3 is 30.1 Å². The Bertz CT molecular complexity index is 1010. The first-order chi connectivity index (χ1) is 13.0. The molecular weight excluding hydrogens is 348 g/mol. The summed E-state index contributed by atoms with van der Waals surface area (Å²) in [6, 6.07) is 10.5. The number of rotatable bonds is 6. The number of methoxy groups -OCH3 is 2. The fourth-order valence-electron chi connectivity index (χ4n) is 2.82. The minimum Gasteiger partial charge on any atom is -0.493 e. The van der Waals surface area contributed by atoms with E-state index < -0.39 is 0 Å². The number of ether oxygens (including phenoxy) is 2. The van der Waals surface area contributed by atoms with Gasteiger partial charge in [0.1, 0.15) is 0 Å². The van der Waals surface area contributed by atoms with Crippen LogP contribution in [0.5, 0.6) is 11.5 Å². The maximum atomic E-state index is 12.2. The van der Waals surface area contributed by atoms with E-state index in [1.165, 1.54) is 0 Å². The third-order valence-corrected chi connectivity index (χ3v) is 4.29. The molecule has 8 nitrogen and oxygen atoms in total. The van der Waals surface area contributed by atoms with Crippen LogP contribution in [-0.2, 0) is 6.54 Å². The molecule has 27 heavy (non-hydrogen) atoms. The summed E-state index contributed by atoms with van der Waals surface area (Å²) in [5.41, 5.74) is 2.96. The van der Waals surface area contributed by atoms with Crippen LogP contribution in [0.3, 0.4) is 0 Å². The number of hydrogen-bond acceptors (Lipinski definition) is 4. The number of nitrogens with one attached hydrogen (secondary N) is 4. The zero-order valence-corrected chi connectivity index (χ0v) is 15.4. The largest absolute Gasteiger partial charge is 0.493 e. The number of benzene rings is 2. The van der Waals surface area contributed by atoms with Crippen LogP contribution in [0.2, 0.25) is 0 Å². The van der Waals surface area contributed by atoms with Crippen LogP contribution in [0.25, 0.3) is 11.0 Å². The summed E-state index contributed by atoms with van der Waals surface area (Å²) in [7, 11) is 3.14. The number of urea groups is 1.